The number of carbonyl (C=O) groups is 2. The zero-order valence-electron chi connectivity index (χ0n) is 4.49. The molecule has 0 aromatic heterocycles. The van der Waals surface area contributed by atoms with Crippen LogP contribution in [0.2, 0.25) is 0 Å². The molecule has 0 fully saturated rings. The van der Waals surface area contributed by atoms with Gasteiger partial charge in [0, 0.05) is 0 Å². The van der Waals surface area contributed by atoms with E-state index in [1.54, 1.807) is 0 Å². The summed E-state index contributed by atoms with van der Waals surface area (Å²) in [6.07, 6.45) is 0.769. The third-order valence-corrected chi connectivity index (χ3v) is 0.355. The van der Waals surface area contributed by atoms with Crippen LogP contribution in [-0.2, 0) is 37.3 Å². The number of rotatable bonds is 2. The summed E-state index contributed by atoms with van der Waals surface area (Å²) < 4.78 is 0. The Balaban J connectivity index is 0. The molecule has 0 saturated carbocycles. The van der Waals surface area contributed by atoms with E-state index in [1.165, 1.54) is 0 Å². The van der Waals surface area contributed by atoms with E-state index in [4.69, 9.17) is 0 Å². The molecule has 44 valence electrons. The first kappa shape index (κ1) is 11.4. The first-order chi connectivity index (χ1) is 3.63. The summed E-state index contributed by atoms with van der Waals surface area (Å²) in [5.74, 6) is -3.09. The van der Waals surface area contributed by atoms with Crippen molar-refractivity contribution in [3.63, 3.8) is 0 Å². The van der Waals surface area contributed by atoms with Gasteiger partial charge in [0.1, 0.15) is 0 Å². The van der Waals surface area contributed by atoms with Gasteiger partial charge in [-0.1, -0.05) is 0 Å². The van der Waals surface area contributed by atoms with Crippen molar-refractivity contribution < 1.29 is 47.5 Å². The van der Waals surface area contributed by atoms with Crippen molar-refractivity contribution in [2.45, 2.75) is 0 Å². The standard InChI is InChI=1S/C4H4O4.Hg/c5-3(6)1-2-4(7)8;/h1-2H,(H,5,6)(H,7,8);/q;+2/p-2. The molecule has 9 heavy (non-hydrogen) atoms. The van der Waals surface area contributed by atoms with Crippen LogP contribution >= 0.6 is 0 Å². The van der Waals surface area contributed by atoms with Crippen LogP contribution in [0.15, 0.2) is 12.2 Å². The van der Waals surface area contributed by atoms with Gasteiger partial charge in [-0.15, -0.1) is 0 Å². The van der Waals surface area contributed by atoms with Crippen molar-refractivity contribution in [1.29, 1.82) is 0 Å². The fourth-order valence-corrected chi connectivity index (χ4v) is 0.136. The molecule has 0 saturated heterocycles. The average Bonchev–Trinajstić information content (AvgIpc) is 1.61. The van der Waals surface area contributed by atoms with E-state index in [0.29, 0.717) is 12.2 Å². The monoisotopic (exact) mass is 316 g/mol. The van der Waals surface area contributed by atoms with Crippen LogP contribution in [0.3, 0.4) is 0 Å². The van der Waals surface area contributed by atoms with Crippen molar-refractivity contribution in [2.24, 2.45) is 0 Å². The molecule has 5 heteroatoms. The van der Waals surface area contributed by atoms with Gasteiger partial charge in [-0.2, -0.15) is 0 Å². The molecule has 0 aromatic rings. The second kappa shape index (κ2) is 5.75. The number of carboxylic acid groups (broad SMARTS) is 2. The molecule has 0 radical (unpaired) electrons. The summed E-state index contributed by atoms with van der Waals surface area (Å²) in [4.78, 5) is 18.8. The maximum absolute atomic E-state index is 9.41. The number of hydrogen-bond donors (Lipinski definition) is 0. The van der Waals surface area contributed by atoms with Crippen LogP contribution in [0.5, 0.6) is 0 Å². The van der Waals surface area contributed by atoms with E-state index in [1.807, 2.05) is 0 Å². The van der Waals surface area contributed by atoms with Crippen molar-refractivity contribution in [3.05, 3.63) is 12.2 Å². The summed E-state index contributed by atoms with van der Waals surface area (Å²) in [5, 5.41) is 18.8. The quantitative estimate of drug-likeness (QED) is 0.403. The smallest absolute Gasteiger partial charge is 0.545 e. The molecule has 0 rings (SSSR count). The molecule has 0 atom stereocenters. The van der Waals surface area contributed by atoms with E-state index >= 15 is 0 Å². The van der Waals surface area contributed by atoms with Crippen molar-refractivity contribution in [1.82, 2.24) is 0 Å². The van der Waals surface area contributed by atoms with Gasteiger partial charge in [-0.05, 0) is 12.2 Å². The Morgan fingerprint density at radius 3 is 1.33 bits per heavy atom. The maximum atomic E-state index is 9.41. The molecule has 0 aliphatic heterocycles. The Morgan fingerprint density at radius 1 is 1.00 bits per heavy atom. The van der Waals surface area contributed by atoms with Crippen LogP contribution in [0, 0.1) is 0 Å². The minimum atomic E-state index is -1.55. The molecule has 0 aliphatic rings. The zero-order chi connectivity index (χ0) is 6.57. The second-order valence-corrected chi connectivity index (χ2v) is 0.971. The molecule has 0 amide bonds. The molecule has 0 spiro atoms. The van der Waals surface area contributed by atoms with Crippen LogP contribution in [0.1, 0.15) is 0 Å². The fraction of sp³-hybridized carbons (Fsp3) is 0. The van der Waals surface area contributed by atoms with Crippen LogP contribution in [0.4, 0.5) is 0 Å². The molecule has 0 aromatic carbocycles. The van der Waals surface area contributed by atoms with E-state index in [0.717, 1.165) is 0 Å². The summed E-state index contributed by atoms with van der Waals surface area (Å²) in [6, 6.07) is 0. The molecule has 0 N–H and O–H groups in total. The van der Waals surface area contributed by atoms with Crippen LogP contribution < -0.4 is 10.2 Å². The van der Waals surface area contributed by atoms with E-state index < -0.39 is 11.9 Å². The van der Waals surface area contributed by atoms with Crippen LogP contribution in [-0.4, -0.2) is 11.9 Å². The molecule has 0 unspecified atom stereocenters. The molecular weight excluding hydrogens is 313 g/mol. The molecule has 0 heterocycles. The molecule has 0 bridgehead atoms. The van der Waals surface area contributed by atoms with Gasteiger partial charge in [-0.3, -0.25) is 0 Å². The minimum Gasteiger partial charge on any atom is -0.545 e. The predicted octanol–water partition coefficient (Wildman–Crippen LogP) is -2.96. The van der Waals surface area contributed by atoms with Crippen LogP contribution in [0.25, 0.3) is 0 Å². The number of aliphatic carboxylic acids is 2. The summed E-state index contributed by atoms with van der Waals surface area (Å²) >= 11 is 0. The van der Waals surface area contributed by atoms with E-state index in [-0.39, 0.29) is 27.7 Å². The average molecular weight is 315 g/mol. The summed E-state index contributed by atoms with van der Waals surface area (Å²) in [6.45, 7) is 0. The first-order valence-corrected chi connectivity index (χ1v) is 1.73. The summed E-state index contributed by atoms with van der Waals surface area (Å²) in [7, 11) is 0. The Morgan fingerprint density at radius 2 is 1.22 bits per heavy atom. The Labute approximate surface area is 71.7 Å². The maximum Gasteiger partial charge on any atom is 2.00 e. The minimum absolute atomic E-state index is 0. The van der Waals surface area contributed by atoms with Gasteiger partial charge in [0.25, 0.3) is 0 Å². The van der Waals surface area contributed by atoms with E-state index in [2.05, 4.69) is 0 Å². The van der Waals surface area contributed by atoms with Gasteiger partial charge in [0.2, 0.25) is 0 Å². The van der Waals surface area contributed by atoms with Gasteiger partial charge >= 0.3 is 27.7 Å². The fourth-order valence-electron chi connectivity index (χ4n) is 0.136. The SMILES string of the molecule is O=C([O-])C=CC(=O)[O-].[Hg+2]. The molecule has 0 aliphatic carbocycles. The van der Waals surface area contributed by atoms with Crippen molar-refractivity contribution >= 4 is 11.9 Å². The van der Waals surface area contributed by atoms with Crippen molar-refractivity contribution in [2.75, 3.05) is 0 Å². The van der Waals surface area contributed by atoms with Gasteiger partial charge < -0.3 is 19.8 Å². The first-order valence-electron chi connectivity index (χ1n) is 1.73. The summed E-state index contributed by atoms with van der Waals surface area (Å²) in [5.41, 5.74) is 0. The van der Waals surface area contributed by atoms with Crippen molar-refractivity contribution in [3.8, 4) is 0 Å². The largest absolute Gasteiger partial charge is 2.00 e. The second-order valence-electron chi connectivity index (χ2n) is 0.971. The number of hydrogen-bond acceptors (Lipinski definition) is 4. The van der Waals surface area contributed by atoms with E-state index in [9.17, 15) is 19.8 Å². The zero-order valence-corrected chi connectivity index (χ0v) is 9.99. The number of carbonyl (C=O) groups excluding carboxylic acids is 2. The third kappa shape index (κ3) is 11.3. The number of carboxylic acids is 2. The topological polar surface area (TPSA) is 80.3 Å². The Hall–Kier alpha value is -0.385. The molecular formula is C4H2HgO4. The molecule has 4 nitrogen and oxygen atoms in total. The normalized spacial score (nSPS) is 8.44. The Bertz CT molecular complexity index is 124. The van der Waals surface area contributed by atoms with Gasteiger partial charge in [0.05, 0.1) is 11.9 Å². The predicted molar refractivity (Wildman–Crippen MR) is 19.2 cm³/mol. The Kier molecular flexibility index (Phi) is 7.29. The van der Waals surface area contributed by atoms with Gasteiger partial charge in [0.15, 0.2) is 0 Å². The van der Waals surface area contributed by atoms with Gasteiger partial charge in [-0.25, -0.2) is 0 Å². The third-order valence-electron chi connectivity index (χ3n) is 0.355.